The van der Waals surface area contributed by atoms with Crippen molar-refractivity contribution in [1.29, 1.82) is 0 Å². The summed E-state index contributed by atoms with van der Waals surface area (Å²) in [4.78, 5) is 11.0. The number of hydrogen-bond donors (Lipinski definition) is 0. The molecule has 0 amide bonds. The van der Waals surface area contributed by atoms with Crippen LogP contribution in [0.5, 0.6) is 11.5 Å². The number of hydrogen-bond acceptors (Lipinski definition) is 5. The summed E-state index contributed by atoms with van der Waals surface area (Å²) in [6.45, 7) is 9.32. The molecule has 0 saturated carbocycles. The van der Waals surface area contributed by atoms with E-state index in [1.165, 1.54) is 0 Å². The van der Waals surface area contributed by atoms with Crippen molar-refractivity contribution in [3.63, 3.8) is 0 Å². The Bertz CT molecular complexity index is 527. The smallest absolute Gasteiger partial charge is 0.184 e. The summed E-state index contributed by atoms with van der Waals surface area (Å²) in [5.41, 5.74) is 0.498. The molecule has 0 aliphatic rings. The van der Waals surface area contributed by atoms with Gasteiger partial charge in [-0.2, -0.15) is 0 Å². The Morgan fingerprint density at radius 1 is 1.17 bits per heavy atom. The van der Waals surface area contributed by atoms with Gasteiger partial charge < -0.3 is 23.4 Å². The van der Waals surface area contributed by atoms with E-state index >= 15 is 0 Å². The monoisotopic (exact) mass is 354 g/mol. The van der Waals surface area contributed by atoms with E-state index in [4.69, 9.17) is 18.6 Å². The molecule has 0 N–H and O–H groups in total. The fourth-order valence-corrected chi connectivity index (χ4v) is 4.22. The third-order valence-corrected chi connectivity index (χ3v) is 4.70. The van der Waals surface area contributed by atoms with Crippen LogP contribution in [-0.4, -0.2) is 41.0 Å². The van der Waals surface area contributed by atoms with Crippen LogP contribution in [0.15, 0.2) is 18.2 Å². The van der Waals surface area contributed by atoms with Crippen molar-refractivity contribution in [1.82, 2.24) is 0 Å². The topological polar surface area (TPSA) is 54.0 Å². The van der Waals surface area contributed by atoms with Gasteiger partial charge in [-0.1, -0.05) is 0 Å². The van der Waals surface area contributed by atoms with E-state index in [0.29, 0.717) is 26.1 Å². The average molecular weight is 355 g/mol. The third kappa shape index (κ3) is 7.03. The second kappa shape index (κ2) is 9.20. The third-order valence-electron chi connectivity index (χ3n) is 3.59. The number of carbonyl (C=O) groups excluding carboxylic acids is 1. The van der Waals surface area contributed by atoms with Crippen LogP contribution in [0.1, 0.15) is 25.3 Å². The molecule has 1 rings (SSSR count). The van der Waals surface area contributed by atoms with E-state index in [2.05, 4.69) is 19.6 Å². The van der Waals surface area contributed by atoms with E-state index in [9.17, 15) is 4.79 Å². The minimum atomic E-state index is -1.73. The number of methoxy groups -OCH3 is 2. The Kier molecular flexibility index (Phi) is 7.92. The molecular weight excluding hydrogens is 324 g/mol. The van der Waals surface area contributed by atoms with Crippen molar-refractivity contribution in [2.24, 2.45) is 0 Å². The van der Waals surface area contributed by atoms with Gasteiger partial charge in [0.25, 0.3) is 0 Å². The van der Waals surface area contributed by atoms with Crippen molar-refractivity contribution >= 4 is 14.6 Å². The van der Waals surface area contributed by atoms with Gasteiger partial charge in [0.1, 0.15) is 17.8 Å². The lowest BCUT2D eigenvalue weighted by Crippen LogP contribution is -2.41. The predicted octanol–water partition coefficient (Wildman–Crippen LogP) is 3.81. The molecule has 0 aliphatic heterocycles. The molecule has 0 unspecified atom stereocenters. The number of benzene rings is 1. The van der Waals surface area contributed by atoms with Crippen LogP contribution in [0.2, 0.25) is 19.6 Å². The van der Waals surface area contributed by atoms with Crippen molar-refractivity contribution in [3.05, 3.63) is 23.8 Å². The highest BCUT2D eigenvalue weighted by atomic mass is 28.4. The maximum Gasteiger partial charge on any atom is 0.184 e. The maximum absolute atomic E-state index is 11.0. The summed E-state index contributed by atoms with van der Waals surface area (Å²) < 4.78 is 22.5. The molecule has 0 spiro atoms. The molecule has 6 heteroatoms. The Balaban J connectivity index is 2.58. The molecule has 1 aromatic carbocycles. The summed E-state index contributed by atoms with van der Waals surface area (Å²) in [5.74, 6) is 1.49. The fourth-order valence-electron chi connectivity index (χ4n) is 2.55. The SMILES string of the molecule is COc1ccc(COCC[C@@](C)(CC=O)O[Si](C)(C)C)c(OC)c1. The molecule has 1 atom stereocenters. The van der Waals surface area contributed by atoms with Gasteiger partial charge in [0.2, 0.25) is 0 Å². The zero-order valence-electron chi connectivity index (χ0n) is 15.7. The number of carbonyl (C=O) groups is 1. The first-order valence-corrected chi connectivity index (χ1v) is 11.6. The predicted molar refractivity (Wildman–Crippen MR) is 97.3 cm³/mol. The highest BCUT2D eigenvalue weighted by Gasteiger charge is 2.31. The van der Waals surface area contributed by atoms with Gasteiger partial charge in [-0.25, -0.2) is 0 Å². The fraction of sp³-hybridized carbons (Fsp3) is 0.611. The largest absolute Gasteiger partial charge is 0.497 e. The standard InChI is InChI=1S/C18H30O5Si/c1-18(9-11-19,23-24(4,5)6)10-12-22-14-15-7-8-16(20-2)13-17(15)21-3/h7-8,11,13H,9-10,12,14H2,1-6H3/t18-/m1/s1. The van der Waals surface area contributed by atoms with E-state index < -0.39 is 13.9 Å². The lowest BCUT2D eigenvalue weighted by atomic mass is 10.00. The van der Waals surface area contributed by atoms with Crippen LogP contribution in [-0.2, 0) is 20.6 Å². The molecular formula is C18H30O5Si. The Morgan fingerprint density at radius 2 is 1.88 bits per heavy atom. The normalized spacial score (nSPS) is 14.1. The van der Waals surface area contributed by atoms with Gasteiger partial charge in [0.05, 0.1) is 26.4 Å². The molecule has 0 saturated heterocycles. The molecule has 0 heterocycles. The molecule has 24 heavy (non-hydrogen) atoms. The molecule has 0 aliphatic carbocycles. The first-order chi connectivity index (χ1) is 11.2. The summed E-state index contributed by atoms with van der Waals surface area (Å²) >= 11 is 0. The first-order valence-electron chi connectivity index (χ1n) is 8.15. The van der Waals surface area contributed by atoms with Gasteiger partial charge in [-0.05, 0) is 45.1 Å². The minimum absolute atomic E-state index is 0.381. The average Bonchev–Trinajstić information content (AvgIpc) is 2.50. The minimum Gasteiger partial charge on any atom is -0.497 e. The number of aldehydes is 1. The highest BCUT2D eigenvalue weighted by molar-refractivity contribution is 6.69. The van der Waals surface area contributed by atoms with Crippen LogP contribution < -0.4 is 9.47 Å². The maximum atomic E-state index is 11.0. The molecule has 1 aromatic rings. The molecule has 0 fully saturated rings. The van der Waals surface area contributed by atoms with Crippen molar-refractivity contribution in [2.75, 3.05) is 20.8 Å². The van der Waals surface area contributed by atoms with Gasteiger partial charge in [0.15, 0.2) is 8.32 Å². The lowest BCUT2D eigenvalue weighted by Gasteiger charge is -2.35. The van der Waals surface area contributed by atoms with Crippen molar-refractivity contribution in [3.8, 4) is 11.5 Å². The molecule has 0 bridgehead atoms. The zero-order valence-corrected chi connectivity index (χ0v) is 16.7. The lowest BCUT2D eigenvalue weighted by molar-refractivity contribution is -0.111. The Morgan fingerprint density at radius 3 is 2.42 bits per heavy atom. The zero-order chi connectivity index (χ0) is 18.2. The van der Waals surface area contributed by atoms with E-state index in [0.717, 1.165) is 23.3 Å². The van der Waals surface area contributed by atoms with E-state index in [1.807, 2.05) is 25.1 Å². The number of ether oxygens (including phenoxy) is 3. The van der Waals surface area contributed by atoms with Gasteiger partial charge in [0, 0.05) is 24.7 Å². The molecule has 0 aromatic heterocycles. The molecule has 136 valence electrons. The van der Waals surface area contributed by atoms with Gasteiger partial charge in [-0.15, -0.1) is 0 Å². The van der Waals surface area contributed by atoms with Crippen molar-refractivity contribution < 1.29 is 23.4 Å². The van der Waals surface area contributed by atoms with Crippen molar-refractivity contribution in [2.45, 2.75) is 51.6 Å². The number of rotatable bonds is 11. The van der Waals surface area contributed by atoms with Crippen LogP contribution in [0.3, 0.4) is 0 Å². The summed E-state index contributed by atoms with van der Waals surface area (Å²) in [6.07, 6.45) is 1.98. The first kappa shape index (κ1) is 20.7. The van der Waals surface area contributed by atoms with Crippen LogP contribution in [0, 0.1) is 0 Å². The van der Waals surface area contributed by atoms with Gasteiger partial charge >= 0.3 is 0 Å². The van der Waals surface area contributed by atoms with Crippen LogP contribution in [0.4, 0.5) is 0 Å². The Hall–Kier alpha value is -1.37. The molecule has 0 radical (unpaired) electrons. The summed E-state index contributed by atoms with van der Waals surface area (Å²) in [6, 6.07) is 5.65. The quantitative estimate of drug-likeness (QED) is 0.344. The van der Waals surface area contributed by atoms with Crippen LogP contribution >= 0.6 is 0 Å². The van der Waals surface area contributed by atoms with Crippen LogP contribution in [0.25, 0.3) is 0 Å². The Labute approximate surface area is 146 Å². The van der Waals surface area contributed by atoms with E-state index in [1.54, 1.807) is 14.2 Å². The second-order valence-corrected chi connectivity index (χ2v) is 11.4. The summed E-state index contributed by atoms with van der Waals surface area (Å²) in [7, 11) is 1.52. The highest BCUT2D eigenvalue weighted by Crippen LogP contribution is 2.27. The van der Waals surface area contributed by atoms with Gasteiger partial charge in [-0.3, -0.25) is 0 Å². The second-order valence-electron chi connectivity index (χ2n) is 7.02. The summed E-state index contributed by atoms with van der Waals surface area (Å²) in [5, 5.41) is 0. The van der Waals surface area contributed by atoms with E-state index in [-0.39, 0.29) is 0 Å². The molecule has 5 nitrogen and oxygen atoms in total.